The van der Waals surface area contributed by atoms with Crippen molar-refractivity contribution in [2.45, 2.75) is 32.1 Å². The van der Waals surface area contributed by atoms with Crippen LogP contribution in [0.2, 0.25) is 0 Å². The maximum absolute atomic E-state index is 12.2. The van der Waals surface area contributed by atoms with E-state index >= 15 is 0 Å². The van der Waals surface area contributed by atoms with E-state index < -0.39 is 11.9 Å². The number of ether oxygens (including phenoxy) is 1. The van der Waals surface area contributed by atoms with Crippen LogP contribution in [0.1, 0.15) is 39.0 Å². The van der Waals surface area contributed by atoms with Gasteiger partial charge in [0.2, 0.25) is 0 Å². The number of rotatable bonds is 5. The summed E-state index contributed by atoms with van der Waals surface area (Å²) in [6.07, 6.45) is 1.29. The van der Waals surface area contributed by atoms with E-state index in [-0.39, 0.29) is 23.3 Å². The van der Waals surface area contributed by atoms with Gasteiger partial charge in [0.1, 0.15) is 17.6 Å². The number of furan rings is 1. The van der Waals surface area contributed by atoms with Gasteiger partial charge in [-0.25, -0.2) is 4.79 Å². The first-order chi connectivity index (χ1) is 11.1. The molecule has 23 heavy (non-hydrogen) atoms. The van der Waals surface area contributed by atoms with Crippen molar-refractivity contribution in [2.24, 2.45) is 0 Å². The van der Waals surface area contributed by atoms with Crippen LogP contribution in [0, 0.1) is 0 Å². The monoisotopic (exact) mass is 315 g/mol. The van der Waals surface area contributed by atoms with Gasteiger partial charge < -0.3 is 19.6 Å². The Morgan fingerprint density at radius 3 is 2.87 bits per heavy atom. The second-order valence-corrected chi connectivity index (χ2v) is 5.54. The summed E-state index contributed by atoms with van der Waals surface area (Å²) >= 11 is 0. The number of carbonyl (C=O) groups excluding carboxylic acids is 1. The van der Waals surface area contributed by atoms with Crippen LogP contribution in [-0.2, 0) is 17.8 Å². The van der Waals surface area contributed by atoms with Crippen LogP contribution < -0.4 is 5.32 Å². The van der Waals surface area contributed by atoms with Crippen molar-refractivity contribution >= 4 is 11.9 Å². The number of aromatic carboxylic acids is 1. The number of benzene rings is 1. The molecule has 2 aromatic rings. The van der Waals surface area contributed by atoms with Crippen molar-refractivity contribution in [1.29, 1.82) is 0 Å². The fourth-order valence-corrected chi connectivity index (χ4v) is 2.65. The van der Waals surface area contributed by atoms with E-state index in [0.29, 0.717) is 18.8 Å². The summed E-state index contributed by atoms with van der Waals surface area (Å²) < 4.78 is 11.1. The Morgan fingerprint density at radius 1 is 1.43 bits per heavy atom. The molecule has 1 aliphatic heterocycles. The van der Waals surface area contributed by atoms with E-state index in [1.54, 1.807) is 0 Å². The minimum atomic E-state index is -1.17. The molecule has 3 rings (SSSR count). The molecule has 0 saturated carbocycles. The first-order valence-corrected chi connectivity index (χ1v) is 7.36. The van der Waals surface area contributed by atoms with Gasteiger partial charge in [-0.15, -0.1) is 0 Å². The normalized spacial score (nSPS) is 18.1. The molecule has 1 aromatic carbocycles. The molecule has 120 valence electrons. The quantitative estimate of drug-likeness (QED) is 0.883. The minimum absolute atomic E-state index is 0.103. The van der Waals surface area contributed by atoms with Crippen LogP contribution in [-0.4, -0.2) is 29.1 Å². The third-order valence-electron chi connectivity index (χ3n) is 3.97. The smallest absolute Gasteiger partial charge is 0.339 e. The first-order valence-electron chi connectivity index (χ1n) is 7.36. The second kappa shape index (κ2) is 6.26. The summed E-state index contributed by atoms with van der Waals surface area (Å²) in [5, 5.41) is 11.9. The fourth-order valence-electron chi connectivity index (χ4n) is 2.65. The Kier molecular flexibility index (Phi) is 4.16. The van der Waals surface area contributed by atoms with Crippen molar-refractivity contribution < 1.29 is 23.8 Å². The number of nitrogens with one attached hydrogen (secondary N) is 1. The molecule has 2 atom stereocenters. The predicted molar refractivity (Wildman–Crippen MR) is 81.3 cm³/mol. The lowest BCUT2D eigenvalue weighted by atomic mass is 9.97. The van der Waals surface area contributed by atoms with Crippen molar-refractivity contribution in [1.82, 2.24) is 5.32 Å². The topological polar surface area (TPSA) is 88.8 Å². The summed E-state index contributed by atoms with van der Waals surface area (Å²) in [6, 6.07) is 9.49. The Morgan fingerprint density at radius 2 is 2.17 bits per heavy atom. The third kappa shape index (κ3) is 3.12. The molecule has 1 aromatic heterocycles. The number of hydrogen-bond donors (Lipinski definition) is 2. The van der Waals surface area contributed by atoms with Gasteiger partial charge in [-0.2, -0.15) is 0 Å². The number of carbonyl (C=O) groups is 2. The lowest BCUT2D eigenvalue weighted by molar-refractivity contribution is 0.0234. The highest BCUT2D eigenvalue weighted by Crippen LogP contribution is 2.24. The maximum Gasteiger partial charge on any atom is 0.339 e. The highest BCUT2D eigenvalue weighted by atomic mass is 16.5. The number of carboxylic acid groups (broad SMARTS) is 1. The molecule has 0 radical (unpaired) electrons. The van der Waals surface area contributed by atoms with Crippen molar-refractivity contribution in [3.63, 3.8) is 0 Å². The molecule has 0 unspecified atom stereocenters. The van der Waals surface area contributed by atoms with E-state index in [1.807, 2.05) is 37.3 Å². The molecule has 0 bridgehead atoms. The van der Waals surface area contributed by atoms with Crippen LogP contribution in [0.15, 0.2) is 41.0 Å². The summed E-state index contributed by atoms with van der Waals surface area (Å²) in [4.78, 5) is 23.3. The third-order valence-corrected chi connectivity index (χ3v) is 3.97. The van der Waals surface area contributed by atoms with Gasteiger partial charge in [0.15, 0.2) is 0 Å². The number of hydrogen-bond acceptors (Lipinski definition) is 4. The number of fused-ring (bicyclic) bond motifs is 1. The van der Waals surface area contributed by atoms with E-state index in [1.165, 1.54) is 0 Å². The number of carboxylic acids is 1. The number of amides is 1. The van der Waals surface area contributed by atoms with Gasteiger partial charge in [0.25, 0.3) is 5.91 Å². The first kappa shape index (κ1) is 15.3. The Balaban J connectivity index is 1.68. The molecule has 6 nitrogen and oxygen atoms in total. The van der Waals surface area contributed by atoms with Gasteiger partial charge in [0, 0.05) is 6.42 Å². The van der Waals surface area contributed by atoms with E-state index in [4.69, 9.17) is 14.3 Å². The molecule has 0 fully saturated rings. The summed E-state index contributed by atoms with van der Waals surface area (Å²) in [6.45, 7) is 2.32. The van der Waals surface area contributed by atoms with Crippen LogP contribution in [0.25, 0.3) is 0 Å². The van der Waals surface area contributed by atoms with Crippen LogP contribution in [0.5, 0.6) is 0 Å². The Labute approximate surface area is 133 Å². The zero-order valence-corrected chi connectivity index (χ0v) is 12.6. The molecular formula is C17H17NO5. The van der Waals surface area contributed by atoms with Crippen LogP contribution >= 0.6 is 0 Å². The van der Waals surface area contributed by atoms with Crippen LogP contribution in [0.4, 0.5) is 0 Å². The molecule has 0 aliphatic carbocycles. The zero-order valence-electron chi connectivity index (χ0n) is 12.6. The average Bonchev–Trinajstić information content (AvgIpc) is 2.98. The van der Waals surface area contributed by atoms with Gasteiger partial charge in [-0.3, -0.25) is 4.79 Å². The van der Waals surface area contributed by atoms with Gasteiger partial charge in [0.05, 0.1) is 24.3 Å². The van der Waals surface area contributed by atoms with Crippen molar-refractivity contribution in [3.8, 4) is 0 Å². The van der Waals surface area contributed by atoms with Gasteiger partial charge in [-0.05, 0) is 12.5 Å². The van der Waals surface area contributed by atoms with Crippen LogP contribution in [0.3, 0.4) is 0 Å². The maximum atomic E-state index is 12.2. The molecule has 1 aliphatic rings. The van der Waals surface area contributed by atoms with E-state index in [2.05, 4.69) is 5.32 Å². The standard InChI is InChI=1S/C17H17NO5/c1-10(22-8-11-5-3-2-4-6-11)13-7-14-15(16(19)18-13)12(9-23-14)17(20)21/h2-6,9-10,13H,7-8H2,1H3,(H,18,19)(H,20,21)/t10-,13-/m1/s1. The largest absolute Gasteiger partial charge is 0.478 e. The Hall–Kier alpha value is -2.60. The zero-order chi connectivity index (χ0) is 16.4. The molecular weight excluding hydrogens is 298 g/mol. The highest BCUT2D eigenvalue weighted by Gasteiger charge is 2.34. The summed E-state index contributed by atoms with van der Waals surface area (Å²) in [7, 11) is 0. The molecule has 0 spiro atoms. The average molecular weight is 315 g/mol. The molecule has 2 N–H and O–H groups in total. The summed E-state index contributed by atoms with van der Waals surface area (Å²) in [5.41, 5.74) is 1.06. The molecule has 1 amide bonds. The SMILES string of the molecule is C[C@@H](OCc1ccccc1)[C@H]1Cc2occ(C(=O)O)c2C(=O)N1. The lowest BCUT2D eigenvalue weighted by Gasteiger charge is -2.28. The lowest BCUT2D eigenvalue weighted by Crippen LogP contribution is -2.48. The highest BCUT2D eigenvalue weighted by molar-refractivity contribution is 6.06. The second-order valence-electron chi connectivity index (χ2n) is 5.54. The summed E-state index contributed by atoms with van der Waals surface area (Å²) in [5.74, 6) is -1.21. The molecule has 2 heterocycles. The van der Waals surface area contributed by atoms with Gasteiger partial charge >= 0.3 is 5.97 Å². The van der Waals surface area contributed by atoms with Crippen molar-refractivity contribution in [2.75, 3.05) is 0 Å². The molecule has 6 heteroatoms. The van der Waals surface area contributed by atoms with Crippen molar-refractivity contribution in [3.05, 3.63) is 59.0 Å². The van der Waals surface area contributed by atoms with E-state index in [0.717, 1.165) is 11.8 Å². The Bertz CT molecular complexity index is 722. The minimum Gasteiger partial charge on any atom is -0.478 e. The fraction of sp³-hybridized carbons (Fsp3) is 0.294. The van der Waals surface area contributed by atoms with Gasteiger partial charge in [-0.1, -0.05) is 30.3 Å². The predicted octanol–water partition coefficient (Wildman–Crippen LogP) is 2.24. The molecule has 0 saturated heterocycles. The van der Waals surface area contributed by atoms with E-state index in [9.17, 15) is 9.59 Å².